The van der Waals surface area contributed by atoms with Crippen molar-refractivity contribution in [1.29, 1.82) is 0 Å². The van der Waals surface area contributed by atoms with E-state index in [-0.39, 0.29) is 12.4 Å². The number of nitrogens with one attached hydrogen (secondary N) is 1. The molecule has 0 amide bonds. The third-order valence-corrected chi connectivity index (χ3v) is 3.78. The highest BCUT2D eigenvalue weighted by molar-refractivity contribution is 5.85. The van der Waals surface area contributed by atoms with E-state index in [2.05, 4.69) is 5.32 Å². The minimum absolute atomic E-state index is 0. The monoisotopic (exact) mass is 173 g/mol. The van der Waals surface area contributed by atoms with Crippen LogP contribution in [-0.4, -0.2) is 12.6 Å². The van der Waals surface area contributed by atoms with Crippen molar-refractivity contribution in [3.8, 4) is 0 Å². The van der Waals surface area contributed by atoms with Gasteiger partial charge >= 0.3 is 0 Å². The number of hydrogen-bond donors (Lipinski definition) is 1. The minimum Gasteiger partial charge on any atom is -0.312 e. The van der Waals surface area contributed by atoms with E-state index in [9.17, 15) is 0 Å². The summed E-state index contributed by atoms with van der Waals surface area (Å²) in [5.74, 6) is 1.09. The van der Waals surface area contributed by atoms with Crippen molar-refractivity contribution in [3.63, 3.8) is 0 Å². The number of rotatable bonds is 1. The summed E-state index contributed by atoms with van der Waals surface area (Å²) in [5, 5.41) is 3.60. The van der Waals surface area contributed by atoms with E-state index in [1.165, 1.54) is 38.6 Å². The Labute approximate surface area is 74.3 Å². The Morgan fingerprint density at radius 1 is 1.18 bits per heavy atom. The third kappa shape index (κ3) is 0.940. The highest BCUT2D eigenvalue weighted by atomic mass is 35.5. The molecule has 3 rings (SSSR count). The Balaban J connectivity index is 0.000000480. The SMILES string of the molecule is C1CC2(C1)CNC2C1CC1.Cl. The maximum Gasteiger partial charge on any atom is 0.0164 e. The van der Waals surface area contributed by atoms with Crippen LogP contribution in [0.15, 0.2) is 0 Å². The molecule has 1 unspecified atom stereocenters. The first-order chi connectivity index (χ1) is 4.91. The van der Waals surface area contributed by atoms with Gasteiger partial charge in [-0.05, 0) is 37.0 Å². The molecule has 2 saturated carbocycles. The van der Waals surface area contributed by atoms with Crippen LogP contribution in [0.5, 0.6) is 0 Å². The molecule has 1 N–H and O–H groups in total. The van der Waals surface area contributed by atoms with Gasteiger partial charge in [0.1, 0.15) is 0 Å². The lowest BCUT2D eigenvalue weighted by Crippen LogP contribution is -2.66. The van der Waals surface area contributed by atoms with Gasteiger partial charge in [-0.15, -0.1) is 12.4 Å². The Bertz CT molecular complexity index is 155. The Morgan fingerprint density at radius 3 is 2.18 bits per heavy atom. The molecule has 1 heterocycles. The zero-order valence-electron chi connectivity index (χ0n) is 6.81. The van der Waals surface area contributed by atoms with E-state index in [0.29, 0.717) is 0 Å². The molecule has 1 spiro atoms. The summed E-state index contributed by atoms with van der Waals surface area (Å²) in [5.41, 5.74) is 0.834. The highest BCUT2D eigenvalue weighted by Gasteiger charge is 2.55. The molecule has 1 aliphatic heterocycles. The van der Waals surface area contributed by atoms with Crippen molar-refractivity contribution >= 4 is 12.4 Å². The molecule has 3 aliphatic rings. The standard InChI is InChI=1S/C9H15N.ClH/c1-4-9(5-1)6-10-8(9)7-2-3-7;/h7-8,10H,1-6H2;1H. The number of hydrogen-bond acceptors (Lipinski definition) is 1. The van der Waals surface area contributed by atoms with E-state index in [1.54, 1.807) is 0 Å². The summed E-state index contributed by atoms with van der Waals surface area (Å²) in [6.07, 6.45) is 7.59. The normalized spacial score (nSPS) is 38.7. The van der Waals surface area contributed by atoms with Crippen LogP contribution in [0.4, 0.5) is 0 Å². The zero-order valence-corrected chi connectivity index (χ0v) is 7.62. The third-order valence-electron chi connectivity index (χ3n) is 3.78. The maximum atomic E-state index is 3.60. The smallest absolute Gasteiger partial charge is 0.0164 e. The minimum atomic E-state index is 0. The van der Waals surface area contributed by atoms with Gasteiger partial charge in [-0.1, -0.05) is 6.42 Å². The van der Waals surface area contributed by atoms with Gasteiger partial charge in [0.25, 0.3) is 0 Å². The molecule has 11 heavy (non-hydrogen) atoms. The van der Waals surface area contributed by atoms with Crippen molar-refractivity contribution in [3.05, 3.63) is 0 Å². The molecule has 0 aromatic heterocycles. The predicted molar refractivity (Wildman–Crippen MR) is 48.0 cm³/mol. The second-order valence-electron chi connectivity index (χ2n) is 4.41. The van der Waals surface area contributed by atoms with Crippen molar-refractivity contribution in [2.75, 3.05) is 6.54 Å². The summed E-state index contributed by atoms with van der Waals surface area (Å²) < 4.78 is 0. The molecule has 0 radical (unpaired) electrons. The Kier molecular flexibility index (Phi) is 1.69. The summed E-state index contributed by atoms with van der Waals surface area (Å²) in [4.78, 5) is 0. The first kappa shape index (κ1) is 7.88. The van der Waals surface area contributed by atoms with Crippen LogP contribution in [-0.2, 0) is 0 Å². The fourth-order valence-corrected chi connectivity index (χ4v) is 2.72. The van der Waals surface area contributed by atoms with Crippen molar-refractivity contribution in [2.24, 2.45) is 11.3 Å². The second kappa shape index (κ2) is 2.37. The fourth-order valence-electron chi connectivity index (χ4n) is 2.72. The largest absolute Gasteiger partial charge is 0.312 e. The Morgan fingerprint density at radius 2 is 1.91 bits per heavy atom. The predicted octanol–water partition coefficient (Wildman–Crippen LogP) is 1.96. The van der Waals surface area contributed by atoms with Crippen LogP contribution in [0.25, 0.3) is 0 Å². The molecular weight excluding hydrogens is 158 g/mol. The average Bonchev–Trinajstić information content (AvgIpc) is 2.41. The molecule has 64 valence electrons. The lowest BCUT2D eigenvalue weighted by atomic mass is 9.58. The van der Waals surface area contributed by atoms with Crippen LogP contribution in [0.2, 0.25) is 0 Å². The van der Waals surface area contributed by atoms with E-state index in [4.69, 9.17) is 0 Å². The van der Waals surface area contributed by atoms with Gasteiger partial charge in [-0.3, -0.25) is 0 Å². The van der Waals surface area contributed by atoms with Crippen LogP contribution >= 0.6 is 12.4 Å². The van der Waals surface area contributed by atoms with E-state index < -0.39 is 0 Å². The molecule has 0 aromatic carbocycles. The van der Waals surface area contributed by atoms with Crippen LogP contribution in [0, 0.1) is 11.3 Å². The summed E-state index contributed by atoms with van der Waals surface area (Å²) >= 11 is 0. The molecule has 1 atom stereocenters. The molecule has 2 heteroatoms. The van der Waals surface area contributed by atoms with Crippen molar-refractivity contribution in [1.82, 2.24) is 5.32 Å². The van der Waals surface area contributed by atoms with Gasteiger partial charge in [0.2, 0.25) is 0 Å². The molecule has 1 nitrogen and oxygen atoms in total. The topological polar surface area (TPSA) is 12.0 Å². The lowest BCUT2D eigenvalue weighted by molar-refractivity contribution is -0.0153. The van der Waals surface area contributed by atoms with Crippen molar-refractivity contribution in [2.45, 2.75) is 38.1 Å². The second-order valence-corrected chi connectivity index (χ2v) is 4.41. The molecule has 0 bridgehead atoms. The molecule has 3 fully saturated rings. The van der Waals surface area contributed by atoms with E-state index >= 15 is 0 Å². The van der Waals surface area contributed by atoms with Crippen molar-refractivity contribution < 1.29 is 0 Å². The fraction of sp³-hybridized carbons (Fsp3) is 1.00. The highest BCUT2D eigenvalue weighted by Crippen LogP contribution is 2.55. The maximum absolute atomic E-state index is 3.60. The first-order valence-electron chi connectivity index (χ1n) is 4.64. The Hall–Kier alpha value is 0.250. The summed E-state index contributed by atoms with van der Waals surface area (Å²) in [6.45, 7) is 1.34. The van der Waals surface area contributed by atoms with Gasteiger partial charge < -0.3 is 5.32 Å². The molecule has 2 aliphatic carbocycles. The van der Waals surface area contributed by atoms with Crippen LogP contribution in [0.3, 0.4) is 0 Å². The quantitative estimate of drug-likeness (QED) is 0.640. The molecular formula is C9H16ClN. The summed E-state index contributed by atoms with van der Waals surface area (Å²) in [7, 11) is 0. The van der Waals surface area contributed by atoms with Gasteiger partial charge in [-0.25, -0.2) is 0 Å². The van der Waals surface area contributed by atoms with E-state index in [0.717, 1.165) is 17.4 Å². The molecule has 0 aromatic rings. The van der Waals surface area contributed by atoms with E-state index in [1.807, 2.05) is 0 Å². The van der Waals surface area contributed by atoms with Crippen LogP contribution < -0.4 is 5.32 Å². The van der Waals surface area contributed by atoms with Gasteiger partial charge in [-0.2, -0.15) is 0 Å². The first-order valence-corrected chi connectivity index (χ1v) is 4.64. The zero-order chi connectivity index (χ0) is 6.60. The summed E-state index contributed by atoms with van der Waals surface area (Å²) in [6, 6.07) is 0.959. The average molecular weight is 174 g/mol. The van der Waals surface area contributed by atoms with Gasteiger partial charge in [0, 0.05) is 12.6 Å². The van der Waals surface area contributed by atoms with Gasteiger partial charge in [0.05, 0.1) is 0 Å². The van der Waals surface area contributed by atoms with Crippen LogP contribution in [0.1, 0.15) is 32.1 Å². The number of halogens is 1. The lowest BCUT2D eigenvalue weighted by Gasteiger charge is -2.57. The molecule has 1 saturated heterocycles. The van der Waals surface area contributed by atoms with Gasteiger partial charge in [0.15, 0.2) is 0 Å².